The number of Topliss-reactive ketones (excluding diaryl/α,β-unsaturated/α-hetero) is 1. The van der Waals surface area contributed by atoms with Crippen molar-refractivity contribution in [3.8, 4) is 22.4 Å². The molecule has 0 unspecified atom stereocenters. The van der Waals surface area contributed by atoms with Gasteiger partial charge >= 0.3 is 0 Å². The van der Waals surface area contributed by atoms with Crippen LogP contribution in [0.4, 0.5) is 0 Å². The summed E-state index contributed by atoms with van der Waals surface area (Å²) in [6, 6.07) is 17.1. The Morgan fingerprint density at radius 3 is 2.93 bits per heavy atom. The van der Waals surface area contributed by atoms with Crippen LogP contribution in [0.5, 0.6) is 5.75 Å². The molecular formula is C22H15N3O2S. The zero-order chi connectivity index (χ0) is 19.5. The monoisotopic (exact) mass is 385 g/mol. The van der Waals surface area contributed by atoms with E-state index in [0.717, 1.165) is 27.2 Å². The number of carbonyl (C=O) groups excluding carboxylic acids is 1. The van der Waals surface area contributed by atoms with Crippen LogP contribution in [-0.4, -0.2) is 22.9 Å². The minimum atomic E-state index is -0.323. The van der Waals surface area contributed by atoms with Gasteiger partial charge in [-0.2, -0.15) is 5.26 Å². The second-order valence-corrected chi connectivity index (χ2v) is 6.91. The molecule has 0 radical (unpaired) electrons. The molecule has 0 bridgehead atoms. The van der Waals surface area contributed by atoms with Gasteiger partial charge in [0.05, 0.1) is 12.8 Å². The van der Waals surface area contributed by atoms with Crippen molar-refractivity contribution < 1.29 is 9.53 Å². The van der Waals surface area contributed by atoms with E-state index in [4.69, 9.17) is 4.74 Å². The lowest BCUT2D eigenvalue weighted by Gasteiger charge is -2.01. The highest BCUT2D eigenvalue weighted by atomic mass is 32.1. The summed E-state index contributed by atoms with van der Waals surface area (Å²) in [5.74, 6) is 0.424. The molecule has 0 amide bonds. The third-order valence-electron chi connectivity index (χ3n) is 4.33. The molecule has 0 aliphatic heterocycles. The molecule has 1 N–H and O–H groups in total. The molecule has 0 spiro atoms. The molecular weight excluding hydrogens is 370 g/mol. The van der Waals surface area contributed by atoms with Gasteiger partial charge in [-0.15, -0.1) is 11.3 Å². The smallest absolute Gasteiger partial charge is 0.205 e. The molecule has 28 heavy (non-hydrogen) atoms. The Hall–Kier alpha value is -3.69. The van der Waals surface area contributed by atoms with Gasteiger partial charge in [0.25, 0.3) is 0 Å². The summed E-state index contributed by atoms with van der Waals surface area (Å²) >= 11 is 1.45. The number of allylic oxidation sites excluding steroid dienone is 1. The lowest BCUT2D eigenvalue weighted by molar-refractivity contribution is 0.104. The number of methoxy groups -OCH3 is 1. The van der Waals surface area contributed by atoms with E-state index < -0.39 is 0 Å². The average Bonchev–Trinajstić information content (AvgIpc) is 3.38. The second-order valence-electron chi connectivity index (χ2n) is 6.06. The van der Waals surface area contributed by atoms with Crippen LogP contribution in [0.25, 0.3) is 27.6 Å². The lowest BCUT2D eigenvalue weighted by atomic mass is 10.0. The van der Waals surface area contributed by atoms with Gasteiger partial charge < -0.3 is 9.72 Å². The number of ketones is 1. The summed E-state index contributed by atoms with van der Waals surface area (Å²) in [6.45, 7) is 0. The lowest BCUT2D eigenvalue weighted by Crippen LogP contribution is -2.01. The molecule has 2 aromatic carbocycles. The number of rotatable bonds is 5. The molecule has 0 atom stereocenters. The number of benzene rings is 2. The fraction of sp³-hybridized carbons (Fsp3) is 0.0455. The second kappa shape index (κ2) is 7.51. The van der Waals surface area contributed by atoms with Crippen molar-refractivity contribution >= 4 is 34.1 Å². The van der Waals surface area contributed by atoms with Crippen molar-refractivity contribution in [2.75, 3.05) is 7.11 Å². The van der Waals surface area contributed by atoms with Crippen molar-refractivity contribution in [1.29, 1.82) is 5.26 Å². The minimum absolute atomic E-state index is 0.0484. The SMILES string of the molecule is COc1cccc(-c2nc(/C=C(\C#N)C(=O)c3c[nH]c4ccccc34)cs2)c1. The van der Waals surface area contributed by atoms with Crippen molar-refractivity contribution in [2.45, 2.75) is 0 Å². The number of carbonyl (C=O) groups is 1. The van der Waals surface area contributed by atoms with Crippen LogP contribution in [0, 0.1) is 11.3 Å². The fourth-order valence-electron chi connectivity index (χ4n) is 2.94. The van der Waals surface area contributed by atoms with E-state index in [0.29, 0.717) is 11.3 Å². The highest BCUT2D eigenvalue weighted by Crippen LogP contribution is 2.28. The molecule has 0 fully saturated rings. The maximum atomic E-state index is 12.9. The Balaban J connectivity index is 1.66. The quantitative estimate of drug-likeness (QED) is 0.295. The zero-order valence-electron chi connectivity index (χ0n) is 15.0. The average molecular weight is 385 g/mol. The van der Waals surface area contributed by atoms with Crippen LogP contribution >= 0.6 is 11.3 Å². The predicted molar refractivity (Wildman–Crippen MR) is 110 cm³/mol. The number of nitriles is 1. The third kappa shape index (κ3) is 3.31. The summed E-state index contributed by atoms with van der Waals surface area (Å²) in [5, 5.41) is 12.9. The predicted octanol–water partition coefficient (Wildman–Crippen LogP) is 5.09. The molecule has 6 heteroatoms. The first-order valence-corrected chi connectivity index (χ1v) is 9.40. The normalized spacial score (nSPS) is 11.4. The molecule has 0 aliphatic carbocycles. The first kappa shape index (κ1) is 17.7. The van der Waals surface area contributed by atoms with Gasteiger partial charge in [0.15, 0.2) is 0 Å². The zero-order valence-corrected chi connectivity index (χ0v) is 15.8. The van der Waals surface area contributed by atoms with Crippen molar-refractivity contribution in [2.24, 2.45) is 0 Å². The molecule has 0 aliphatic rings. The largest absolute Gasteiger partial charge is 0.497 e. The van der Waals surface area contributed by atoms with Crippen molar-refractivity contribution in [1.82, 2.24) is 9.97 Å². The number of aromatic nitrogens is 2. The van der Waals surface area contributed by atoms with E-state index in [-0.39, 0.29) is 11.4 Å². The van der Waals surface area contributed by atoms with Crippen molar-refractivity contribution in [3.05, 3.63) is 76.9 Å². The topological polar surface area (TPSA) is 78.8 Å². The molecule has 4 rings (SSSR count). The van der Waals surface area contributed by atoms with Crippen LogP contribution < -0.4 is 4.74 Å². The van der Waals surface area contributed by atoms with Gasteiger partial charge in [0, 0.05) is 33.6 Å². The van der Waals surface area contributed by atoms with Crippen LogP contribution in [0.3, 0.4) is 0 Å². The van der Waals surface area contributed by atoms with E-state index in [2.05, 4.69) is 9.97 Å². The maximum Gasteiger partial charge on any atom is 0.205 e. The summed E-state index contributed by atoms with van der Waals surface area (Å²) in [4.78, 5) is 20.5. The molecule has 0 saturated heterocycles. The Kier molecular flexibility index (Phi) is 4.75. The number of fused-ring (bicyclic) bond motifs is 1. The molecule has 2 heterocycles. The van der Waals surface area contributed by atoms with E-state index in [9.17, 15) is 10.1 Å². The third-order valence-corrected chi connectivity index (χ3v) is 5.24. The fourth-order valence-corrected chi connectivity index (χ4v) is 3.72. The van der Waals surface area contributed by atoms with E-state index in [1.165, 1.54) is 17.4 Å². The number of hydrogen-bond donors (Lipinski definition) is 1. The standard InChI is InChI=1S/C22H15N3O2S/c1-27-17-6-4-5-14(10-17)22-25-16(13-28-22)9-15(11-23)21(26)19-12-24-20-8-3-2-7-18(19)20/h2-10,12-13,24H,1H3/b15-9+. The minimum Gasteiger partial charge on any atom is -0.497 e. The van der Waals surface area contributed by atoms with E-state index in [1.807, 2.05) is 60.0 Å². The first-order valence-electron chi connectivity index (χ1n) is 8.52. The maximum absolute atomic E-state index is 12.9. The van der Waals surface area contributed by atoms with E-state index >= 15 is 0 Å². The van der Waals surface area contributed by atoms with Gasteiger partial charge in [-0.1, -0.05) is 30.3 Å². The number of thiazole rings is 1. The number of para-hydroxylation sites is 1. The number of H-pyrrole nitrogens is 1. The molecule has 136 valence electrons. The van der Waals surface area contributed by atoms with Crippen molar-refractivity contribution in [3.63, 3.8) is 0 Å². The summed E-state index contributed by atoms with van der Waals surface area (Å²) in [7, 11) is 1.62. The molecule has 4 aromatic rings. The molecule has 2 aromatic heterocycles. The van der Waals surface area contributed by atoms with Crippen LogP contribution in [0.1, 0.15) is 16.1 Å². The Morgan fingerprint density at radius 1 is 1.25 bits per heavy atom. The van der Waals surface area contributed by atoms with Crippen LogP contribution in [-0.2, 0) is 0 Å². The van der Waals surface area contributed by atoms with Crippen LogP contribution in [0.15, 0.2) is 65.7 Å². The highest BCUT2D eigenvalue weighted by Gasteiger charge is 2.17. The van der Waals surface area contributed by atoms with Gasteiger partial charge in [-0.3, -0.25) is 4.79 Å². The Labute approximate surface area is 165 Å². The summed E-state index contributed by atoms with van der Waals surface area (Å²) in [5.41, 5.74) is 2.88. The highest BCUT2D eigenvalue weighted by molar-refractivity contribution is 7.13. The van der Waals surface area contributed by atoms with Crippen LogP contribution in [0.2, 0.25) is 0 Å². The number of nitrogens with zero attached hydrogens (tertiary/aromatic N) is 2. The van der Waals surface area contributed by atoms with Gasteiger partial charge in [-0.05, 0) is 24.3 Å². The number of nitrogens with one attached hydrogen (secondary N) is 1. The summed E-state index contributed by atoms with van der Waals surface area (Å²) in [6.07, 6.45) is 3.17. The van der Waals surface area contributed by atoms with Gasteiger partial charge in [0.1, 0.15) is 22.4 Å². The van der Waals surface area contributed by atoms with Gasteiger partial charge in [-0.25, -0.2) is 4.98 Å². The van der Waals surface area contributed by atoms with Gasteiger partial charge in [0.2, 0.25) is 5.78 Å². The Morgan fingerprint density at radius 2 is 2.11 bits per heavy atom. The van der Waals surface area contributed by atoms with E-state index in [1.54, 1.807) is 13.3 Å². The number of aromatic amines is 1. The molecule has 5 nitrogen and oxygen atoms in total. The molecule has 0 saturated carbocycles. The summed E-state index contributed by atoms with van der Waals surface area (Å²) < 4.78 is 5.25. The first-order chi connectivity index (χ1) is 13.7. The number of hydrogen-bond acceptors (Lipinski definition) is 5. The number of ether oxygens (including phenoxy) is 1. The Bertz CT molecular complexity index is 1240.